The summed E-state index contributed by atoms with van der Waals surface area (Å²) in [5, 5.41) is 14.1. The van der Waals surface area contributed by atoms with Crippen molar-refractivity contribution in [2.45, 2.75) is 25.3 Å². The van der Waals surface area contributed by atoms with Crippen molar-refractivity contribution >= 4 is 11.4 Å². The van der Waals surface area contributed by atoms with E-state index in [9.17, 15) is 10.1 Å². The monoisotopic (exact) mass is 268 g/mol. The number of non-ortho nitro benzene ring substituents is 1. The van der Waals surface area contributed by atoms with Gasteiger partial charge in [-0.15, -0.1) is 0 Å². The third kappa shape index (κ3) is 2.50. The van der Waals surface area contributed by atoms with Gasteiger partial charge in [0, 0.05) is 17.8 Å². The van der Waals surface area contributed by atoms with Crippen LogP contribution in [-0.4, -0.2) is 4.92 Å². The molecule has 0 aliphatic heterocycles. The number of aryl methyl sites for hydroxylation is 1. The summed E-state index contributed by atoms with van der Waals surface area (Å²) in [5.41, 5.74) is 3.80. The van der Waals surface area contributed by atoms with E-state index in [1.54, 1.807) is 12.1 Å². The number of fused-ring (bicyclic) bond motifs is 1. The Morgan fingerprint density at radius 3 is 2.60 bits per heavy atom. The third-order valence-electron chi connectivity index (χ3n) is 3.79. The summed E-state index contributed by atoms with van der Waals surface area (Å²) < 4.78 is 0. The first kappa shape index (κ1) is 12.7. The molecule has 2 aromatic carbocycles. The number of nitrogens with zero attached hydrogens (tertiary/aromatic N) is 1. The van der Waals surface area contributed by atoms with Crippen LogP contribution in [0.15, 0.2) is 48.5 Å². The molecule has 1 N–H and O–H groups in total. The molecule has 2 aromatic rings. The molecule has 0 amide bonds. The fourth-order valence-corrected chi connectivity index (χ4v) is 2.78. The highest BCUT2D eigenvalue weighted by Crippen LogP contribution is 2.32. The van der Waals surface area contributed by atoms with E-state index in [0.717, 1.165) is 18.5 Å². The number of nitro groups is 1. The van der Waals surface area contributed by atoms with Crippen molar-refractivity contribution < 1.29 is 4.92 Å². The Kier molecular flexibility index (Phi) is 3.37. The molecule has 1 atom stereocenters. The number of benzene rings is 2. The van der Waals surface area contributed by atoms with Gasteiger partial charge in [0.25, 0.3) is 5.69 Å². The lowest BCUT2D eigenvalue weighted by molar-refractivity contribution is -0.384. The first-order chi connectivity index (χ1) is 9.74. The Labute approximate surface area is 117 Å². The number of hydrogen-bond acceptors (Lipinski definition) is 3. The Morgan fingerprint density at radius 2 is 1.85 bits per heavy atom. The Balaban J connectivity index is 1.80. The highest BCUT2D eigenvalue weighted by Gasteiger charge is 2.19. The molecule has 0 radical (unpaired) electrons. The van der Waals surface area contributed by atoms with Crippen molar-refractivity contribution in [3.63, 3.8) is 0 Å². The second-order valence-electron chi connectivity index (χ2n) is 5.09. The molecule has 4 nitrogen and oxygen atoms in total. The van der Waals surface area contributed by atoms with Gasteiger partial charge in [0.2, 0.25) is 0 Å². The van der Waals surface area contributed by atoms with Gasteiger partial charge >= 0.3 is 0 Å². The summed E-state index contributed by atoms with van der Waals surface area (Å²) in [7, 11) is 0. The van der Waals surface area contributed by atoms with Crippen LogP contribution in [-0.2, 0) is 6.42 Å². The Hall–Kier alpha value is -2.36. The Morgan fingerprint density at radius 1 is 1.10 bits per heavy atom. The fraction of sp³-hybridized carbons (Fsp3) is 0.250. The molecular formula is C16H16N2O2. The van der Waals surface area contributed by atoms with E-state index in [-0.39, 0.29) is 10.6 Å². The first-order valence-corrected chi connectivity index (χ1v) is 6.83. The molecule has 0 spiro atoms. The van der Waals surface area contributed by atoms with Crippen molar-refractivity contribution in [1.82, 2.24) is 0 Å². The van der Waals surface area contributed by atoms with E-state index in [1.807, 2.05) is 0 Å². The van der Waals surface area contributed by atoms with Gasteiger partial charge in [-0.05, 0) is 42.5 Å². The predicted octanol–water partition coefficient (Wildman–Crippen LogP) is 4.08. The predicted molar refractivity (Wildman–Crippen MR) is 78.8 cm³/mol. The standard InChI is InChI=1S/C16H16N2O2/c19-18(20)14-10-8-13(9-11-14)17-16-7-3-5-12-4-1-2-6-15(12)16/h1-2,4,6,8-11,16-17H,3,5,7H2. The smallest absolute Gasteiger partial charge is 0.269 e. The summed E-state index contributed by atoms with van der Waals surface area (Å²) in [5.74, 6) is 0. The maximum Gasteiger partial charge on any atom is 0.269 e. The summed E-state index contributed by atoms with van der Waals surface area (Å²) in [6.07, 6.45) is 3.39. The van der Waals surface area contributed by atoms with Gasteiger partial charge in [-0.3, -0.25) is 10.1 Å². The lowest BCUT2D eigenvalue weighted by Gasteiger charge is -2.27. The topological polar surface area (TPSA) is 55.2 Å². The van der Waals surface area contributed by atoms with Crippen LogP contribution in [0.3, 0.4) is 0 Å². The molecule has 0 bridgehead atoms. The van der Waals surface area contributed by atoms with Crippen LogP contribution in [0.4, 0.5) is 11.4 Å². The van der Waals surface area contributed by atoms with Crippen molar-refractivity contribution in [2.24, 2.45) is 0 Å². The number of nitro benzene ring substituents is 1. The number of hydrogen-bond donors (Lipinski definition) is 1. The summed E-state index contributed by atoms with van der Waals surface area (Å²) >= 11 is 0. The summed E-state index contributed by atoms with van der Waals surface area (Å²) in [4.78, 5) is 10.3. The molecule has 1 aliphatic rings. The largest absolute Gasteiger partial charge is 0.378 e. The minimum absolute atomic E-state index is 0.125. The third-order valence-corrected chi connectivity index (χ3v) is 3.79. The lowest BCUT2D eigenvalue weighted by Crippen LogP contribution is -2.17. The molecule has 3 rings (SSSR count). The minimum Gasteiger partial charge on any atom is -0.378 e. The van der Waals surface area contributed by atoms with Crippen molar-refractivity contribution in [3.8, 4) is 0 Å². The molecule has 4 heteroatoms. The van der Waals surface area contributed by atoms with Gasteiger partial charge in [0.15, 0.2) is 0 Å². The van der Waals surface area contributed by atoms with Gasteiger partial charge in [0.05, 0.1) is 11.0 Å². The van der Waals surface area contributed by atoms with Crippen LogP contribution in [0.5, 0.6) is 0 Å². The number of nitrogens with one attached hydrogen (secondary N) is 1. The quantitative estimate of drug-likeness (QED) is 0.674. The summed E-state index contributed by atoms with van der Waals surface area (Å²) in [6, 6.07) is 15.4. The zero-order valence-electron chi connectivity index (χ0n) is 11.1. The molecule has 0 fully saturated rings. The van der Waals surface area contributed by atoms with Crippen molar-refractivity contribution in [3.05, 3.63) is 69.8 Å². The normalized spacial score (nSPS) is 17.3. The SMILES string of the molecule is O=[N+]([O-])c1ccc(NC2CCCc3ccccc32)cc1. The van der Waals surface area contributed by atoms with Crippen LogP contribution >= 0.6 is 0 Å². The van der Waals surface area contributed by atoms with Crippen LogP contribution in [0.2, 0.25) is 0 Å². The second kappa shape index (κ2) is 5.33. The molecular weight excluding hydrogens is 252 g/mol. The Bertz CT molecular complexity index is 623. The van der Waals surface area contributed by atoms with Crippen LogP contribution in [0.1, 0.15) is 30.0 Å². The van der Waals surface area contributed by atoms with Gasteiger partial charge in [-0.25, -0.2) is 0 Å². The minimum atomic E-state index is -0.375. The molecule has 102 valence electrons. The number of anilines is 1. The molecule has 1 aliphatic carbocycles. The van der Waals surface area contributed by atoms with E-state index in [0.29, 0.717) is 6.04 Å². The van der Waals surface area contributed by atoms with E-state index in [2.05, 4.69) is 29.6 Å². The molecule has 0 aromatic heterocycles. The number of rotatable bonds is 3. The zero-order chi connectivity index (χ0) is 13.9. The van der Waals surface area contributed by atoms with Gasteiger partial charge in [-0.2, -0.15) is 0 Å². The van der Waals surface area contributed by atoms with E-state index in [4.69, 9.17) is 0 Å². The van der Waals surface area contributed by atoms with Gasteiger partial charge < -0.3 is 5.32 Å². The highest BCUT2D eigenvalue weighted by atomic mass is 16.6. The lowest BCUT2D eigenvalue weighted by atomic mass is 9.87. The molecule has 1 unspecified atom stereocenters. The maximum atomic E-state index is 10.7. The van der Waals surface area contributed by atoms with E-state index in [1.165, 1.54) is 29.7 Å². The van der Waals surface area contributed by atoms with E-state index >= 15 is 0 Å². The van der Waals surface area contributed by atoms with Gasteiger partial charge in [0.1, 0.15) is 0 Å². The average molecular weight is 268 g/mol. The van der Waals surface area contributed by atoms with Crippen molar-refractivity contribution in [1.29, 1.82) is 0 Å². The maximum absolute atomic E-state index is 10.7. The highest BCUT2D eigenvalue weighted by molar-refractivity contribution is 5.51. The first-order valence-electron chi connectivity index (χ1n) is 6.83. The van der Waals surface area contributed by atoms with Crippen molar-refractivity contribution in [2.75, 3.05) is 5.32 Å². The average Bonchev–Trinajstić information content (AvgIpc) is 2.48. The van der Waals surface area contributed by atoms with Crippen LogP contribution in [0, 0.1) is 10.1 Å². The molecule has 0 saturated heterocycles. The van der Waals surface area contributed by atoms with Crippen LogP contribution in [0.25, 0.3) is 0 Å². The molecule has 0 saturated carbocycles. The molecule has 0 heterocycles. The summed E-state index contributed by atoms with van der Waals surface area (Å²) in [6.45, 7) is 0. The molecule has 20 heavy (non-hydrogen) atoms. The zero-order valence-corrected chi connectivity index (χ0v) is 11.1. The second-order valence-corrected chi connectivity index (χ2v) is 5.09. The van der Waals surface area contributed by atoms with Crippen LogP contribution < -0.4 is 5.32 Å². The van der Waals surface area contributed by atoms with Gasteiger partial charge in [-0.1, -0.05) is 24.3 Å². The van der Waals surface area contributed by atoms with E-state index < -0.39 is 0 Å². The fourth-order valence-electron chi connectivity index (χ4n) is 2.78.